The summed E-state index contributed by atoms with van der Waals surface area (Å²) in [5.41, 5.74) is 2.93. The highest BCUT2D eigenvalue weighted by Gasteiger charge is 2.26. The normalized spacial score (nSPS) is 17.8. The lowest BCUT2D eigenvalue weighted by Crippen LogP contribution is -2.46. The van der Waals surface area contributed by atoms with Crippen LogP contribution in [0.2, 0.25) is 0 Å². The number of hydrogen-bond acceptors (Lipinski definition) is 5. The van der Waals surface area contributed by atoms with Gasteiger partial charge in [0.15, 0.2) is 0 Å². The molecule has 0 amide bonds. The van der Waals surface area contributed by atoms with Crippen LogP contribution in [0, 0.1) is 6.92 Å². The first-order valence-corrected chi connectivity index (χ1v) is 10.4. The van der Waals surface area contributed by atoms with Crippen LogP contribution >= 0.6 is 11.3 Å². The molecular formula is C21H24N4S. The van der Waals surface area contributed by atoms with Crippen LogP contribution in [0.4, 0.5) is 5.82 Å². The topological polar surface area (TPSA) is 32.3 Å². The van der Waals surface area contributed by atoms with Crippen molar-refractivity contribution in [3.8, 4) is 0 Å². The van der Waals surface area contributed by atoms with E-state index in [-0.39, 0.29) is 0 Å². The molecule has 1 aliphatic heterocycles. The molecule has 3 heterocycles. The minimum absolute atomic E-state index is 0.902. The molecule has 3 aromatic rings. The summed E-state index contributed by atoms with van der Waals surface area (Å²) in [5.74, 6) is 2.09. The van der Waals surface area contributed by atoms with E-state index in [1.54, 1.807) is 4.88 Å². The third kappa shape index (κ3) is 2.89. The van der Waals surface area contributed by atoms with Gasteiger partial charge in [0, 0.05) is 37.6 Å². The van der Waals surface area contributed by atoms with Crippen molar-refractivity contribution < 1.29 is 0 Å². The van der Waals surface area contributed by atoms with Gasteiger partial charge in [-0.2, -0.15) is 0 Å². The SMILES string of the molecule is Cc1nc(N2CCN(Cc3ccccc3)CC2)c2c3c(sc2n1)CCC3. The molecule has 0 unspecified atom stereocenters. The lowest BCUT2D eigenvalue weighted by molar-refractivity contribution is 0.249. The van der Waals surface area contributed by atoms with Gasteiger partial charge in [-0.3, -0.25) is 4.90 Å². The van der Waals surface area contributed by atoms with Crippen molar-refractivity contribution in [2.75, 3.05) is 31.1 Å². The molecule has 0 spiro atoms. The van der Waals surface area contributed by atoms with E-state index in [0.717, 1.165) is 38.5 Å². The van der Waals surface area contributed by atoms with Gasteiger partial charge < -0.3 is 4.90 Å². The van der Waals surface area contributed by atoms with Crippen molar-refractivity contribution in [3.63, 3.8) is 0 Å². The molecule has 2 aliphatic rings. The van der Waals surface area contributed by atoms with Gasteiger partial charge >= 0.3 is 0 Å². The van der Waals surface area contributed by atoms with Gasteiger partial charge in [0.05, 0.1) is 5.39 Å². The fourth-order valence-corrected chi connectivity index (χ4v) is 5.57. The van der Waals surface area contributed by atoms with E-state index in [2.05, 4.69) is 40.1 Å². The van der Waals surface area contributed by atoms with Crippen LogP contribution in [0.25, 0.3) is 10.2 Å². The first-order chi connectivity index (χ1) is 12.8. The van der Waals surface area contributed by atoms with Crippen LogP contribution in [-0.2, 0) is 19.4 Å². The molecule has 4 nitrogen and oxygen atoms in total. The largest absolute Gasteiger partial charge is 0.353 e. The van der Waals surface area contributed by atoms with E-state index in [0.29, 0.717) is 0 Å². The molecule has 1 saturated heterocycles. The van der Waals surface area contributed by atoms with Crippen molar-refractivity contribution in [2.45, 2.75) is 32.7 Å². The van der Waals surface area contributed by atoms with Crippen molar-refractivity contribution in [3.05, 3.63) is 52.2 Å². The first kappa shape index (κ1) is 16.2. The number of thiophene rings is 1. The number of aryl methyl sites for hydroxylation is 3. The Hall–Kier alpha value is -1.98. The molecule has 0 atom stereocenters. The number of piperazine rings is 1. The van der Waals surface area contributed by atoms with Crippen LogP contribution in [0.3, 0.4) is 0 Å². The molecule has 0 bridgehead atoms. The Labute approximate surface area is 158 Å². The Morgan fingerprint density at radius 2 is 1.81 bits per heavy atom. The second-order valence-corrected chi connectivity index (χ2v) is 8.46. The fourth-order valence-electron chi connectivity index (χ4n) is 4.27. The standard InChI is InChI=1S/C21H24N4S/c1-15-22-20(19-17-8-5-9-18(17)26-21(19)23-15)25-12-10-24(11-13-25)14-16-6-3-2-4-7-16/h2-4,6-7H,5,8-14H2,1H3. The van der Waals surface area contributed by atoms with Gasteiger partial charge in [-0.25, -0.2) is 9.97 Å². The van der Waals surface area contributed by atoms with Crippen LogP contribution in [0.15, 0.2) is 30.3 Å². The van der Waals surface area contributed by atoms with E-state index in [4.69, 9.17) is 9.97 Å². The third-order valence-corrected chi connectivity index (χ3v) is 6.76. The molecule has 0 saturated carbocycles. The van der Waals surface area contributed by atoms with Gasteiger partial charge in [-0.05, 0) is 37.3 Å². The minimum Gasteiger partial charge on any atom is -0.353 e. The van der Waals surface area contributed by atoms with E-state index in [9.17, 15) is 0 Å². The summed E-state index contributed by atoms with van der Waals surface area (Å²) in [6.07, 6.45) is 3.71. The summed E-state index contributed by atoms with van der Waals surface area (Å²) in [7, 11) is 0. The quantitative estimate of drug-likeness (QED) is 0.707. The smallest absolute Gasteiger partial charge is 0.141 e. The molecule has 134 valence electrons. The lowest BCUT2D eigenvalue weighted by Gasteiger charge is -2.35. The van der Waals surface area contributed by atoms with E-state index < -0.39 is 0 Å². The predicted molar refractivity (Wildman–Crippen MR) is 108 cm³/mol. The van der Waals surface area contributed by atoms with E-state index in [1.165, 1.54) is 46.4 Å². The second kappa shape index (κ2) is 6.63. The number of benzene rings is 1. The van der Waals surface area contributed by atoms with Crippen molar-refractivity contribution >= 4 is 27.4 Å². The number of rotatable bonds is 3. The minimum atomic E-state index is 0.902. The lowest BCUT2D eigenvalue weighted by atomic mass is 10.1. The molecule has 5 heteroatoms. The zero-order valence-electron chi connectivity index (χ0n) is 15.2. The highest BCUT2D eigenvalue weighted by atomic mass is 32.1. The van der Waals surface area contributed by atoms with E-state index >= 15 is 0 Å². The summed E-state index contributed by atoms with van der Waals surface area (Å²) in [5, 5.41) is 1.35. The molecule has 2 aromatic heterocycles. The Morgan fingerprint density at radius 1 is 1.00 bits per heavy atom. The van der Waals surface area contributed by atoms with E-state index in [1.807, 2.05) is 18.3 Å². The highest BCUT2D eigenvalue weighted by Crippen LogP contribution is 2.40. The molecule has 26 heavy (non-hydrogen) atoms. The molecule has 0 N–H and O–H groups in total. The predicted octanol–water partition coefficient (Wildman–Crippen LogP) is 3.81. The maximum Gasteiger partial charge on any atom is 0.141 e. The summed E-state index contributed by atoms with van der Waals surface area (Å²) in [6.45, 7) is 7.34. The van der Waals surface area contributed by atoms with Gasteiger partial charge in [-0.1, -0.05) is 30.3 Å². The Balaban J connectivity index is 1.38. The molecular weight excluding hydrogens is 340 g/mol. The Kier molecular flexibility index (Phi) is 4.14. The maximum absolute atomic E-state index is 4.89. The average molecular weight is 365 g/mol. The summed E-state index contributed by atoms with van der Waals surface area (Å²) >= 11 is 1.89. The van der Waals surface area contributed by atoms with Gasteiger partial charge in [0.1, 0.15) is 16.5 Å². The van der Waals surface area contributed by atoms with Crippen LogP contribution in [0.5, 0.6) is 0 Å². The number of anilines is 1. The number of nitrogens with zero attached hydrogens (tertiary/aromatic N) is 4. The maximum atomic E-state index is 4.89. The van der Waals surface area contributed by atoms with Crippen LogP contribution in [-0.4, -0.2) is 41.0 Å². The monoisotopic (exact) mass is 364 g/mol. The molecule has 1 aliphatic carbocycles. The highest BCUT2D eigenvalue weighted by molar-refractivity contribution is 7.19. The molecule has 1 aromatic carbocycles. The van der Waals surface area contributed by atoms with Crippen LogP contribution < -0.4 is 4.90 Å². The van der Waals surface area contributed by atoms with Gasteiger partial charge in [0.2, 0.25) is 0 Å². The summed E-state index contributed by atoms with van der Waals surface area (Å²) in [6, 6.07) is 10.8. The summed E-state index contributed by atoms with van der Waals surface area (Å²) < 4.78 is 0. The zero-order valence-corrected chi connectivity index (χ0v) is 16.1. The van der Waals surface area contributed by atoms with Crippen molar-refractivity contribution in [1.29, 1.82) is 0 Å². The summed E-state index contributed by atoms with van der Waals surface area (Å²) in [4.78, 5) is 17.4. The number of hydrogen-bond donors (Lipinski definition) is 0. The van der Waals surface area contributed by atoms with Gasteiger partial charge in [-0.15, -0.1) is 11.3 Å². The molecule has 5 rings (SSSR count). The average Bonchev–Trinajstić information content (AvgIpc) is 3.23. The fraction of sp³-hybridized carbons (Fsp3) is 0.429. The van der Waals surface area contributed by atoms with Crippen molar-refractivity contribution in [2.24, 2.45) is 0 Å². The number of fused-ring (bicyclic) bond motifs is 3. The molecule has 0 radical (unpaired) electrons. The Bertz CT molecular complexity index is 926. The first-order valence-electron chi connectivity index (χ1n) is 9.58. The van der Waals surface area contributed by atoms with Crippen LogP contribution in [0.1, 0.15) is 28.2 Å². The molecule has 1 fully saturated rings. The van der Waals surface area contributed by atoms with Crippen molar-refractivity contribution in [1.82, 2.24) is 14.9 Å². The third-order valence-electron chi connectivity index (χ3n) is 5.58. The number of aromatic nitrogens is 2. The second-order valence-electron chi connectivity index (χ2n) is 7.38. The Morgan fingerprint density at radius 3 is 2.62 bits per heavy atom. The van der Waals surface area contributed by atoms with Gasteiger partial charge in [0.25, 0.3) is 0 Å². The zero-order chi connectivity index (χ0) is 17.5.